The van der Waals surface area contributed by atoms with E-state index in [1.54, 1.807) is 4.68 Å². The highest BCUT2D eigenvalue weighted by Crippen LogP contribution is 2.18. The molecule has 6 nitrogen and oxygen atoms in total. The molecule has 1 aliphatic rings. The van der Waals surface area contributed by atoms with Crippen LogP contribution in [0.5, 0.6) is 0 Å². The highest BCUT2D eigenvalue weighted by atomic mass is 35.5. The van der Waals surface area contributed by atoms with Gasteiger partial charge in [0.1, 0.15) is 0 Å². The Bertz CT molecular complexity index is 477. The molecule has 1 aromatic heterocycles. The first-order chi connectivity index (χ1) is 8.99. The summed E-state index contributed by atoms with van der Waals surface area (Å²) in [5.74, 6) is 0.0351. The van der Waals surface area contributed by atoms with Gasteiger partial charge in [-0.1, -0.05) is 0 Å². The lowest BCUT2D eigenvalue weighted by atomic mass is 10.2. The Hall–Kier alpha value is -0.820. The van der Waals surface area contributed by atoms with Gasteiger partial charge in [-0.2, -0.15) is 5.10 Å². The van der Waals surface area contributed by atoms with Crippen LogP contribution in [0.15, 0.2) is 0 Å². The van der Waals surface area contributed by atoms with Crippen molar-refractivity contribution in [2.24, 2.45) is 7.05 Å². The number of aromatic nitrogens is 2. The van der Waals surface area contributed by atoms with Crippen molar-refractivity contribution >= 4 is 36.4 Å². The summed E-state index contributed by atoms with van der Waals surface area (Å²) < 4.78 is 1.79. The van der Waals surface area contributed by atoms with E-state index in [0.717, 1.165) is 36.7 Å². The van der Waals surface area contributed by atoms with Crippen LogP contribution < -0.4 is 10.6 Å². The molecular weight excluding hydrogens is 313 g/mol. The zero-order valence-corrected chi connectivity index (χ0v) is 14.6. The predicted molar refractivity (Wildman–Crippen MR) is 89.7 cm³/mol. The van der Waals surface area contributed by atoms with Gasteiger partial charge in [-0.3, -0.25) is 14.4 Å². The first-order valence-corrected chi connectivity index (χ1v) is 6.74. The van der Waals surface area contributed by atoms with Crippen molar-refractivity contribution in [1.82, 2.24) is 20.0 Å². The van der Waals surface area contributed by atoms with E-state index in [1.807, 2.05) is 20.9 Å². The minimum Gasteiger partial charge on any atom is -0.322 e. The minimum absolute atomic E-state index is 0. The van der Waals surface area contributed by atoms with Gasteiger partial charge in [0.05, 0.1) is 23.6 Å². The average Bonchev–Trinajstić information content (AvgIpc) is 2.59. The van der Waals surface area contributed by atoms with Crippen molar-refractivity contribution in [3.05, 3.63) is 11.4 Å². The van der Waals surface area contributed by atoms with Gasteiger partial charge in [0.15, 0.2) is 0 Å². The summed E-state index contributed by atoms with van der Waals surface area (Å²) in [7, 11) is 1.89. The maximum atomic E-state index is 12.1. The summed E-state index contributed by atoms with van der Waals surface area (Å²) in [5.41, 5.74) is 2.69. The molecule has 0 aromatic carbocycles. The van der Waals surface area contributed by atoms with Gasteiger partial charge in [-0.15, -0.1) is 24.8 Å². The van der Waals surface area contributed by atoms with Crippen LogP contribution in [-0.2, 0) is 11.8 Å². The van der Waals surface area contributed by atoms with Gasteiger partial charge in [0, 0.05) is 32.7 Å². The fourth-order valence-electron chi connectivity index (χ4n) is 2.44. The smallest absolute Gasteiger partial charge is 0.238 e. The molecule has 1 unspecified atom stereocenters. The SMILES string of the molecule is Cc1nn(C)c(C)c1NC(=O)CN1CCNCC1C.Cl.Cl. The molecule has 1 saturated heterocycles. The Morgan fingerprint density at radius 2 is 2.10 bits per heavy atom. The van der Waals surface area contributed by atoms with E-state index in [-0.39, 0.29) is 30.7 Å². The van der Waals surface area contributed by atoms with Crippen molar-refractivity contribution in [3.8, 4) is 0 Å². The summed E-state index contributed by atoms with van der Waals surface area (Å²) in [6.45, 7) is 9.26. The van der Waals surface area contributed by atoms with Gasteiger partial charge in [-0.05, 0) is 20.8 Å². The standard InChI is InChI=1S/C13H23N5O.2ClH/c1-9-7-14-5-6-18(9)8-12(19)15-13-10(2)16-17(4)11(13)3;;/h9,14H,5-8H2,1-4H3,(H,15,19);2*1H. The van der Waals surface area contributed by atoms with E-state index in [9.17, 15) is 4.79 Å². The Labute approximate surface area is 138 Å². The van der Waals surface area contributed by atoms with E-state index in [1.165, 1.54) is 0 Å². The maximum Gasteiger partial charge on any atom is 0.238 e. The normalized spacial score (nSPS) is 18.6. The Kier molecular flexibility index (Phi) is 8.25. The quantitative estimate of drug-likeness (QED) is 0.867. The van der Waals surface area contributed by atoms with E-state index >= 15 is 0 Å². The summed E-state index contributed by atoms with van der Waals surface area (Å²) in [4.78, 5) is 14.3. The molecule has 1 atom stereocenters. The zero-order chi connectivity index (χ0) is 14.0. The van der Waals surface area contributed by atoms with Gasteiger partial charge in [0.25, 0.3) is 0 Å². The van der Waals surface area contributed by atoms with Crippen molar-refractivity contribution in [2.75, 3.05) is 31.5 Å². The molecule has 21 heavy (non-hydrogen) atoms. The summed E-state index contributed by atoms with van der Waals surface area (Å²) in [6.07, 6.45) is 0. The summed E-state index contributed by atoms with van der Waals surface area (Å²) >= 11 is 0. The highest BCUT2D eigenvalue weighted by molar-refractivity contribution is 5.93. The minimum atomic E-state index is 0. The van der Waals surface area contributed by atoms with Crippen LogP contribution in [0.4, 0.5) is 5.69 Å². The zero-order valence-electron chi connectivity index (χ0n) is 13.0. The van der Waals surface area contributed by atoms with Crippen LogP contribution >= 0.6 is 24.8 Å². The predicted octanol–water partition coefficient (Wildman–Crippen LogP) is 1.11. The molecule has 0 radical (unpaired) electrons. The molecule has 2 heterocycles. The third kappa shape index (κ3) is 4.85. The topological polar surface area (TPSA) is 62.2 Å². The molecule has 0 saturated carbocycles. The second-order valence-electron chi connectivity index (χ2n) is 5.24. The van der Waals surface area contributed by atoms with Crippen LogP contribution in [0.1, 0.15) is 18.3 Å². The molecule has 2 rings (SSSR count). The number of nitrogens with zero attached hydrogens (tertiary/aromatic N) is 3. The molecule has 2 N–H and O–H groups in total. The highest BCUT2D eigenvalue weighted by Gasteiger charge is 2.21. The van der Waals surface area contributed by atoms with Crippen molar-refractivity contribution in [2.45, 2.75) is 26.8 Å². The van der Waals surface area contributed by atoms with Crippen molar-refractivity contribution in [1.29, 1.82) is 0 Å². The first-order valence-electron chi connectivity index (χ1n) is 6.74. The second kappa shape index (κ2) is 8.58. The third-order valence-corrected chi connectivity index (χ3v) is 3.76. The summed E-state index contributed by atoms with van der Waals surface area (Å²) in [6, 6.07) is 0.399. The molecule has 8 heteroatoms. The van der Waals surface area contributed by atoms with Gasteiger partial charge < -0.3 is 10.6 Å². The van der Waals surface area contributed by atoms with Crippen LogP contribution in [0, 0.1) is 13.8 Å². The van der Waals surface area contributed by atoms with Gasteiger partial charge in [0.2, 0.25) is 5.91 Å². The Morgan fingerprint density at radius 3 is 2.62 bits per heavy atom. The average molecular weight is 338 g/mol. The number of anilines is 1. The molecule has 0 spiro atoms. The van der Waals surface area contributed by atoms with Crippen LogP contribution in [0.2, 0.25) is 0 Å². The molecule has 0 aliphatic carbocycles. The van der Waals surface area contributed by atoms with Crippen molar-refractivity contribution < 1.29 is 4.79 Å². The van der Waals surface area contributed by atoms with E-state index < -0.39 is 0 Å². The fourth-order valence-corrected chi connectivity index (χ4v) is 2.44. The number of amides is 1. The Morgan fingerprint density at radius 1 is 1.43 bits per heavy atom. The van der Waals surface area contributed by atoms with Crippen LogP contribution in [-0.4, -0.2) is 52.8 Å². The number of piperazine rings is 1. The van der Waals surface area contributed by atoms with Gasteiger partial charge >= 0.3 is 0 Å². The lowest BCUT2D eigenvalue weighted by Gasteiger charge is -2.33. The largest absolute Gasteiger partial charge is 0.322 e. The molecule has 1 aromatic rings. The first kappa shape index (κ1) is 20.2. The van der Waals surface area contributed by atoms with Gasteiger partial charge in [-0.25, -0.2) is 0 Å². The number of carbonyl (C=O) groups is 1. The van der Waals surface area contributed by atoms with Crippen LogP contribution in [0.25, 0.3) is 0 Å². The van der Waals surface area contributed by atoms with E-state index in [2.05, 4.69) is 27.6 Å². The summed E-state index contributed by atoms with van der Waals surface area (Å²) in [5, 5.41) is 10.6. The van der Waals surface area contributed by atoms with E-state index in [4.69, 9.17) is 0 Å². The van der Waals surface area contributed by atoms with E-state index in [0.29, 0.717) is 12.6 Å². The molecule has 122 valence electrons. The lowest BCUT2D eigenvalue weighted by molar-refractivity contribution is -0.118. The third-order valence-electron chi connectivity index (χ3n) is 3.76. The maximum absolute atomic E-state index is 12.1. The number of rotatable bonds is 3. The molecule has 1 amide bonds. The Balaban J connectivity index is 0.00000200. The molecular formula is C13H25Cl2N5O. The number of hydrogen-bond donors (Lipinski definition) is 2. The molecule has 1 fully saturated rings. The number of hydrogen-bond acceptors (Lipinski definition) is 4. The number of carbonyl (C=O) groups excluding carboxylic acids is 1. The monoisotopic (exact) mass is 337 g/mol. The van der Waals surface area contributed by atoms with Crippen LogP contribution in [0.3, 0.4) is 0 Å². The number of aryl methyl sites for hydroxylation is 2. The van der Waals surface area contributed by atoms with Crippen molar-refractivity contribution in [3.63, 3.8) is 0 Å². The fraction of sp³-hybridized carbons (Fsp3) is 0.692. The lowest BCUT2D eigenvalue weighted by Crippen LogP contribution is -2.52. The molecule has 1 aliphatic heterocycles. The second-order valence-corrected chi connectivity index (χ2v) is 5.24. The number of nitrogens with one attached hydrogen (secondary N) is 2. The molecule has 0 bridgehead atoms. The number of halogens is 2.